The number of benzene rings is 1. The SMILES string of the molecule is CCCCCCCCCCc1cnc(-c2ccc(OCCCC3CCCCC3CCC)cc2)nc1. The third kappa shape index (κ3) is 10.3. The lowest BCUT2D eigenvalue weighted by Crippen LogP contribution is -2.20. The fourth-order valence-corrected chi connectivity index (χ4v) is 5.75. The molecule has 2 unspecified atom stereocenters. The number of hydrogen-bond acceptors (Lipinski definition) is 3. The lowest BCUT2D eigenvalue weighted by atomic mass is 9.75. The monoisotopic (exact) mass is 478 g/mol. The molecule has 0 spiro atoms. The first kappa shape index (κ1) is 27.7. The number of aryl methyl sites for hydroxylation is 1. The zero-order chi connectivity index (χ0) is 24.6. The number of nitrogens with zero attached hydrogens (tertiary/aromatic N) is 2. The van der Waals surface area contributed by atoms with Gasteiger partial charge in [-0.15, -0.1) is 0 Å². The summed E-state index contributed by atoms with van der Waals surface area (Å²) < 4.78 is 6.05. The molecule has 194 valence electrons. The van der Waals surface area contributed by atoms with Crippen molar-refractivity contribution in [1.82, 2.24) is 9.97 Å². The first-order chi connectivity index (χ1) is 17.3. The molecule has 2 atom stereocenters. The van der Waals surface area contributed by atoms with Crippen molar-refractivity contribution in [3.8, 4) is 17.1 Å². The van der Waals surface area contributed by atoms with Crippen molar-refractivity contribution >= 4 is 0 Å². The Morgan fingerprint density at radius 1 is 0.714 bits per heavy atom. The molecule has 0 N–H and O–H groups in total. The van der Waals surface area contributed by atoms with E-state index >= 15 is 0 Å². The van der Waals surface area contributed by atoms with Gasteiger partial charge in [0.25, 0.3) is 0 Å². The Morgan fingerprint density at radius 3 is 2.00 bits per heavy atom. The summed E-state index contributed by atoms with van der Waals surface area (Å²) in [7, 11) is 0. The average molecular weight is 479 g/mol. The first-order valence-electron chi connectivity index (χ1n) is 14.8. The third-order valence-electron chi connectivity index (χ3n) is 7.85. The molecule has 0 bridgehead atoms. The molecule has 1 aromatic heterocycles. The smallest absolute Gasteiger partial charge is 0.159 e. The fourth-order valence-electron chi connectivity index (χ4n) is 5.75. The maximum absolute atomic E-state index is 6.05. The van der Waals surface area contributed by atoms with E-state index in [0.29, 0.717) is 0 Å². The minimum atomic E-state index is 0.801. The summed E-state index contributed by atoms with van der Waals surface area (Å²) in [4.78, 5) is 9.25. The predicted octanol–water partition coefficient (Wildman–Crippen LogP) is 9.59. The van der Waals surface area contributed by atoms with Crippen molar-refractivity contribution in [3.63, 3.8) is 0 Å². The van der Waals surface area contributed by atoms with Crippen LogP contribution in [-0.2, 0) is 6.42 Å². The lowest BCUT2D eigenvalue weighted by Gasteiger charge is -2.31. The van der Waals surface area contributed by atoms with E-state index in [1.807, 2.05) is 12.4 Å². The van der Waals surface area contributed by atoms with Crippen LogP contribution in [0.15, 0.2) is 36.7 Å². The van der Waals surface area contributed by atoms with Gasteiger partial charge in [-0.2, -0.15) is 0 Å². The molecule has 1 saturated carbocycles. The zero-order valence-electron chi connectivity index (χ0n) is 22.6. The van der Waals surface area contributed by atoms with Gasteiger partial charge < -0.3 is 4.74 Å². The van der Waals surface area contributed by atoms with Gasteiger partial charge in [-0.05, 0) is 67.3 Å². The van der Waals surface area contributed by atoms with E-state index in [1.165, 1.54) is 102 Å². The molecular weight excluding hydrogens is 428 g/mol. The zero-order valence-corrected chi connectivity index (χ0v) is 22.6. The van der Waals surface area contributed by atoms with Gasteiger partial charge in [-0.3, -0.25) is 0 Å². The molecular formula is C32H50N2O. The van der Waals surface area contributed by atoms with Crippen molar-refractivity contribution in [2.45, 2.75) is 123 Å². The fraction of sp³-hybridized carbons (Fsp3) is 0.688. The van der Waals surface area contributed by atoms with Crippen LogP contribution in [0.3, 0.4) is 0 Å². The van der Waals surface area contributed by atoms with Crippen LogP contribution in [0.5, 0.6) is 5.75 Å². The highest BCUT2D eigenvalue weighted by atomic mass is 16.5. The normalized spacial score (nSPS) is 18.0. The maximum Gasteiger partial charge on any atom is 0.159 e. The molecule has 0 aliphatic heterocycles. The summed E-state index contributed by atoms with van der Waals surface area (Å²) in [5.41, 5.74) is 2.31. The summed E-state index contributed by atoms with van der Waals surface area (Å²) in [6, 6.07) is 8.30. The Morgan fingerprint density at radius 2 is 1.34 bits per heavy atom. The molecule has 3 heteroatoms. The molecule has 0 saturated heterocycles. The quantitative estimate of drug-likeness (QED) is 0.212. The highest BCUT2D eigenvalue weighted by Crippen LogP contribution is 2.36. The summed E-state index contributed by atoms with van der Waals surface area (Å²) in [5.74, 6) is 3.63. The van der Waals surface area contributed by atoms with Crippen LogP contribution in [0.25, 0.3) is 11.4 Å². The minimum absolute atomic E-state index is 0.801. The highest BCUT2D eigenvalue weighted by molar-refractivity contribution is 5.55. The molecule has 2 aromatic rings. The Labute approximate surface area is 215 Å². The Hall–Kier alpha value is -1.90. The number of aromatic nitrogens is 2. The van der Waals surface area contributed by atoms with Gasteiger partial charge in [0, 0.05) is 18.0 Å². The molecule has 0 amide bonds. The molecule has 1 aliphatic rings. The van der Waals surface area contributed by atoms with Crippen LogP contribution in [0.1, 0.15) is 122 Å². The van der Waals surface area contributed by atoms with Crippen LogP contribution in [-0.4, -0.2) is 16.6 Å². The average Bonchev–Trinajstić information content (AvgIpc) is 2.90. The Kier molecular flexibility index (Phi) is 13.2. The van der Waals surface area contributed by atoms with E-state index in [2.05, 4.69) is 48.1 Å². The molecule has 35 heavy (non-hydrogen) atoms. The van der Waals surface area contributed by atoms with E-state index in [4.69, 9.17) is 4.74 Å². The highest BCUT2D eigenvalue weighted by Gasteiger charge is 2.23. The first-order valence-corrected chi connectivity index (χ1v) is 14.8. The van der Waals surface area contributed by atoms with Crippen molar-refractivity contribution in [1.29, 1.82) is 0 Å². The van der Waals surface area contributed by atoms with Crippen molar-refractivity contribution < 1.29 is 4.74 Å². The Bertz CT molecular complexity index is 784. The summed E-state index contributed by atoms with van der Waals surface area (Å²) in [6.45, 7) is 5.42. The second kappa shape index (κ2) is 16.7. The molecule has 1 heterocycles. The number of hydrogen-bond donors (Lipinski definition) is 0. The van der Waals surface area contributed by atoms with E-state index in [-0.39, 0.29) is 0 Å². The van der Waals surface area contributed by atoms with Gasteiger partial charge in [0.15, 0.2) is 5.82 Å². The van der Waals surface area contributed by atoms with Gasteiger partial charge >= 0.3 is 0 Å². The summed E-state index contributed by atoms with van der Waals surface area (Å²) in [5, 5.41) is 0. The summed E-state index contributed by atoms with van der Waals surface area (Å²) >= 11 is 0. The van der Waals surface area contributed by atoms with Gasteiger partial charge in [-0.25, -0.2) is 9.97 Å². The van der Waals surface area contributed by atoms with E-state index in [9.17, 15) is 0 Å². The van der Waals surface area contributed by atoms with E-state index in [0.717, 1.165) is 48.4 Å². The topological polar surface area (TPSA) is 35.0 Å². The van der Waals surface area contributed by atoms with Crippen LogP contribution in [0.2, 0.25) is 0 Å². The van der Waals surface area contributed by atoms with E-state index < -0.39 is 0 Å². The predicted molar refractivity (Wildman–Crippen MR) is 149 cm³/mol. The summed E-state index contributed by atoms with van der Waals surface area (Å²) in [6.07, 6.45) is 26.9. The van der Waals surface area contributed by atoms with Gasteiger partial charge in [0.1, 0.15) is 5.75 Å². The Balaban J connectivity index is 1.33. The molecule has 1 aromatic carbocycles. The maximum atomic E-state index is 6.05. The van der Waals surface area contributed by atoms with Crippen molar-refractivity contribution in [2.75, 3.05) is 6.61 Å². The van der Waals surface area contributed by atoms with Crippen LogP contribution in [0.4, 0.5) is 0 Å². The van der Waals surface area contributed by atoms with Crippen molar-refractivity contribution in [3.05, 3.63) is 42.2 Å². The van der Waals surface area contributed by atoms with Crippen LogP contribution < -0.4 is 4.74 Å². The van der Waals surface area contributed by atoms with Crippen LogP contribution >= 0.6 is 0 Å². The third-order valence-corrected chi connectivity index (χ3v) is 7.85. The minimum Gasteiger partial charge on any atom is -0.494 e. The lowest BCUT2D eigenvalue weighted by molar-refractivity contribution is 0.193. The van der Waals surface area contributed by atoms with E-state index in [1.54, 1.807) is 0 Å². The number of rotatable bonds is 17. The molecule has 3 nitrogen and oxygen atoms in total. The second-order valence-electron chi connectivity index (χ2n) is 10.7. The van der Waals surface area contributed by atoms with Gasteiger partial charge in [0.2, 0.25) is 0 Å². The second-order valence-corrected chi connectivity index (χ2v) is 10.7. The van der Waals surface area contributed by atoms with Crippen LogP contribution in [0, 0.1) is 11.8 Å². The molecule has 3 rings (SSSR count). The largest absolute Gasteiger partial charge is 0.494 e. The van der Waals surface area contributed by atoms with Crippen molar-refractivity contribution in [2.24, 2.45) is 11.8 Å². The molecule has 1 fully saturated rings. The van der Waals surface area contributed by atoms with Gasteiger partial charge in [0.05, 0.1) is 6.61 Å². The molecule has 1 aliphatic carbocycles. The molecule has 0 radical (unpaired) electrons. The number of unbranched alkanes of at least 4 members (excludes halogenated alkanes) is 7. The standard InChI is InChI=1S/C32H50N2O/c1-3-5-6-7-8-9-10-11-16-27-25-33-32(34-26-27)30-20-22-31(23-21-30)35-24-14-19-29-18-13-12-17-28(29)15-4-2/h20-23,25-26,28-29H,3-19,24H2,1-2H3. The number of ether oxygens (including phenoxy) is 1. The van der Waals surface area contributed by atoms with Gasteiger partial charge in [-0.1, -0.05) is 97.3 Å².